The fraction of sp³-hybridized carbons (Fsp3) is 0.259. The van der Waals surface area contributed by atoms with Gasteiger partial charge in [-0.05, 0) is 77.4 Å². The molecule has 0 aromatic heterocycles. The first kappa shape index (κ1) is 29.0. The van der Waals surface area contributed by atoms with Gasteiger partial charge in [-0.2, -0.15) is 11.8 Å². The van der Waals surface area contributed by atoms with Crippen LogP contribution >= 0.6 is 23.4 Å². The summed E-state index contributed by atoms with van der Waals surface area (Å²) in [6.45, 7) is 2.79. The molecule has 5 nitrogen and oxygen atoms in total. The van der Waals surface area contributed by atoms with Crippen molar-refractivity contribution in [1.29, 1.82) is 0 Å². The molecule has 8 heteroatoms. The molecule has 2 N–H and O–H groups in total. The van der Waals surface area contributed by atoms with Crippen LogP contribution in [-0.2, 0) is 22.7 Å². The van der Waals surface area contributed by atoms with Crippen molar-refractivity contribution in [2.75, 3.05) is 12.0 Å². The van der Waals surface area contributed by atoms with Crippen molar-refractivity contribution < 1.29 is 39.7 Å². The van der Waals surface area contributed by atoms with E-state index < -0.39 is 17.9 Å². The number of benzene rings is 3. The molecule has 0 aliphatic rings. The van der Waals surface area contributed by atoms with E-state index in [2.05, 4.69) is 5.32 Å². The topological polar surface area (TPSA) is 75.6 Å². The van der Waals surface area contributed by atoms with Gasteiger partial charge in [-0.25, -0.2) is 4.79 Å². The summed E-state index contributed by atoms with van der Waals surface area (Å²) in [5, 5.41) is 12.9. The second kappa shape index (κ2) is 14.4. The van der Waals surface area contributed by atoms with E-state index in [4.69, 9.17) is 16.3 Å². The van der Waals surface area contributed by atoms with E-state index in [9.17, 15) is 14.7 Å². The summed E-state index contributed by atoms with van der Waals surface area (Å²) in [6, 6.07) is 19.9. The van der Waals surface area contributed by atoms with Crippen LogP contribution in [0.5, 0.6) is 0 Å². The van der Waals surface area contributed by atoms with E-state index in [-0.39, 0.29) is 20.3 Å². The Kier molecular flexibility index (Phi) is 11.9. The maximum atomic E-state index is 13.1. The first-order valence-corrected chi connectivity index (χ1v) is 12.7. The standard InChI is InChI=1S/C27H28ClNO4S.Li.H/c1-18-5-3-4-6-22(18)24-15-20(17-33-16-19-7-10-21(28)11-8-19)9-12-23(24)26(30)29-25(27(31)32)13-14-34-2;;/h3-12,15,25H,13-14,16-17H2,1-2H3,(H,29,30)(H,31,32);;/q;+1;-1. The van der Waals surface area contributed by atoms with Crippen LogP contribution in [0.2, 0.25) is 5.02 Å². The Morgan fingerprint density at radius 3 is 2.34 bits per heavy atom. The Morgan fingerprint density at radius 2 is 1.69 bits per heavy atom. The van der Waals surface area contributed by atoms with Crippen LogP contribution in [0.15, 0.2) is 66.7 Å². The number of ether oxygens (including phenoxy) is 1. The van der Waals surface area contributed by atoms with Crippen molar-refractivity contribution in [1.82, 2.24) is 5.32 Å². The summed E-state index contributed by atoms with van der Waals surface area (Å²) in [7, 11) is 0. The van der Waals surface area contributed by atoms with Crippen molar-refractivity contribution in [3.63, 3.8) is 0 Å². The number of hydrogen-bond acceptors (Lipinski definition) is 4. The minimum absolute atomic E-state index is 0. The van der Waals surface area contributed by atoms with Crippen molar-refractivity contribution in [2.24, 2.45) is 0 Å². The number of carboxylic acid groups (broad SMARTS) is 1. The van der Waals surface area contributed by atoms with Gasteiger partial charge >= 0.3 is 24.8 Å². The molecular formula is C27H29ClLiNO4S. The maximum absolute atomic E-state index is 13.1. The monoisotopic (exact) mass is 505 g/mol. The van der Waals surface area contributed by atoms with Gasteiger partial charge in [0.05, 0.1) is 13.2 Å². The number of halogens is 1. The van der Waals surface area contributed by atoms with Crippen molar-refractivity contribution >= 4 is 35.2 Å². The fourth-order valence-electron chi connectivity index (χ4n) is 3.57. The molecule has 0 bridgehead atoms. The van der Waals surface area contributed by atoms with Crippen LogP contribution < -0.4 is 24.2 Å². The fourth-order valence-corrected chi connectivity index (χ4v) is 4.17. The average molecular weight is 506 g/mol. The zero-order valence-corrected chi connectivity index (χ0v) is 21.8. The number of rotatable bonds is 11. The summed E-state index contributed by atoms with van der Waals surface area (Å²) in [5.41, 5.74) is 5.06. The molecule has 0 saturated carbocycles. The summed E-state index contributed by atoms with van der Waals surface area (Å²) in [4.78, 5) is 24.8. The Morgan fingerprint density at radius 1 is 1.03 bits per heavy atom. The number of thioether (sulfide) groups is 1. The van der Waals surface area contributed by atoms with Crippen LogP contribution in [0.3, 0.4) is 0 Å². The summed E-state index contributed by atoms with van der Waals surface area (Å²) >= 11 is 7.48. The van der Waals surface area contributed by atoms with Crippen LogP contribution in [0, 0.1) is 6.92 Å². The van der Waals surface area contributed by atoms with E-state index in [1.165, 1.54) is 0 Å². The molecule has 0 aliphatic heterocycles. The van der Waals surface area contributed by atoms with Gasteiger partial charge in [0.1, 0.15) is 6.04 Å². The second-order valence-electron chi connectivity index (χ2n) is 7.96. The van der Waals surface area contributed by atoms with E-state index in [1.807, 2.05) is 73.8 Å². The third-order valence-electron chi connectivity index (χ3n) is 5.43. The van der Waals surface area contributed by atoms with E-state index in [1.54, 1.807) is 17.8 Å². The quantitative estimate of drug-likeness (QED) is 0.392. The Balaban J connectivity index is 0.00000324. The van der Waals surface area contributed by atoms with Crippen LogP contribution in [0.25, 0.3) is 11.1 Å². The predicted octanol–water partition coefficient (Wildman–Crippen LogP) is 3.08. The largest absolute Gasteiger partial charge is 1.00 e. The molecule has 0 fully saturated rings. The Labute approximate surface area is 229 Å². The van der Waals surface area contributed by atoms with Crippen molar-refractivity contribution in [3.05, 3.63) is 94.0 Å². The van der Waals surface area contributed by atoms with Crippen molar-refractivity contribution in [2.45, 2.75) is 32.6 Å². The van der Waals surface area contributed by atoms with Gasteiger partial charge in [0.15, 0.2) is 0 Å². The van der Waals surface area contributed by atoms with Gasteiger partial charge < -0.3 is 16.6 Å². The van der Waals surface area contributed by atoms with E-state index >= 15 is 0 Å². The second-order valence-corrected chi connectivity index (χ2v) is 9.38. The maximum Gasteiger partial charge on any atom is 1.00 e. The summed E-state index contributed by atoms with van der Waals surface area (Å²) in [5.74, 6) is -0.793. The molecule has 0 aliphatic carbocycles. The minimum atomic E-state index is -1.04. The molecule has 3 aromatic rings. The smallest absolute Gasteiger partial charge is 1.00 e. The Bertz CT molecular complexity index is 1150. The molecule has 0 heterocycles. The van der Waals surface area contributed by atoms with Crippen LogP contribution in [0.4, 0.5) is 0 Å². The zero-order valence-electron chi connectivity index (χ0n) is 21.2. The van der Waals surface area contributed by atoms with Crippen molar-refractivity contribution in [3.8, 4) is 11.1 Å². The van der Waals surface area contributed by atoms with Gasteiger partial charge in [0, 0.05) is 10.6 Å². The van der Waals surface area contributed by atoms with Gasteiger partial charge in [-0.1, -0.05) is 54.1 Å². The number of aliphatic carboxylic acids is 1. The van der Waals surface area contributed by atoms with Crippen LogP contribution in [-0.4, -0.2) is 35.0 Å². The molecule has 3 aromatic carbocycles. The molecule has 35 heavy (non-hydrogen) atoms. The minimum Gasteiger partial charge on any atom is -1.00 e. The normalized spacial score (nSPS) is 11.4. The number of nitrogens with one attached hydrogen (secondary N) is 1. The summed E-state index contributed by atoms with van der Waals surface area (Å²) in [6.07, 6.45) is 2.27. The number of carbonyl (C=O) groups excluding carboxylic acids is 1. The third-order valence-corrected chi connectivity index (χ3v) is 6.32. The molecular weight excluding hydrogens is 477 g/mol. The Hall–Kier alpha value is -2.20. The molecule has 180 valence electrons. The predicted molar refractivity (Wildman–Crippen MR) is 140 cm³/mol. The average Bonchev–Trinajstić information content (AvgIpc) is 2.83. The van der Waals surface area contributed by atoms with Crippen LogP contribution in [0.1, 0.15) is 34.9 Å². The first-order valence-electron chi connectivity index (χ1n) is 10.9. The third kappa shape index (κ3) is 8.45. The first-order chi connectivity index (χ1) is 16.4. The molecule has 1 unspecified atom stereocenters. The molecule has 0 spiro atoms. The van der Waals surface area contributed by atoms with Gasteiger partial charge in [-0.3, -0.25) is 4.79 Å². The molecule has 3 rings (SSSR count). The number of hydrogen-bond donors (Lipinski definition) is 2. The molecule has 0 saturated heterocycles. The number of carboxylic acids is 1. The summed E-state index contributed by atoms with van der Waals surface area (Å²) < 4.78 is 5.88. The molecule has 0 radical (unpaired) electrons. The van der Waals surface area contributed by atoms with Gasteiger partial charge in [0.2, 0.25) is 0 Å². The SMILES string of the molecule is CSCCC(NC(=O)c1ccc(COCc2ccc(Cl)cc2)cc1-c1ccccc1C)C(=O)O.[H-].[Li+]. The zero-order chi connectivity index (χ0) is 24.5. The molecule has 1 amide bonds. The van der Waals surface area contributed by atoms with E-state index in [0.29, 0.717) is 36.0 Å². The van der Waals surface area contributed by atoms with Gasteiger partial charge in [0.25, 0.3) is 5.91 Å². The number of carbonyl (C=O) groups is 2. The van der Waals surface area contributed by atoms with Gasteiger partial charge in [-0.15, -0.1) is 0 Å². The van der Waals surface area contributed by atoms with E-state index in [0.717, 1.165) is 27.8 Å². The number of aryl methyl sites for hydroxylation is 1. The molecule has 1 atom stereocenters. The number of amides is 1.